The van der Waals surface area contributed by atoms with E-state index in [0.717, 1.165) is 5.56 Å². The van der Waals surface area contributed by atoms with E-state index in [2.05, 4.69) is 10.5 Å². The lowest BCUT2D eigenvalue weighted by Crippen LogP contribution is -2.45. The number of nitrogens with two attached hydrogens (primary N) is 1. The third kappa shape index (κ3) is 5.60. The van der Waals surface area contributed by atoms with Gasteiger partial charge in [0.2, 0.25) is 0 Å². The van der Waals surface area contributed by atoms with Gasteiger partial charge in [-0.3, -0.25) is 0 Å². The Morgan fingerprint density at radius 3 is 2.60 bits per heavy atom. The standard InChI is InChI=1S/C14H21N3O3/c1-10(2)8-12(13(15)17-19)16-14(18)20-9-11-6-4-3-5-7-11/h3-7,10,12,19H,8-9H2,1-2H3,(H2,15,17)(H,16,18)/t12-/m0/s1. The average Bonchev–Trinajstić information content (AvgIpc) is 2.44. The molecule has 1 aromatic rings. The minimum atomic E-state index is -0.592. The van der Waals surface area contributed by atoms with E-state index in [9.17, 15) is 4.79 Å². The number of carbonyl (C=O) groups excluding carboxylic acids is 1. The Balaban J connectivity index is 2.49. The highest BCUT2D eigenvalue weighted by molar-refractivity contribution is 5.88. The Hall–Kier alpha value is -2.24. The normalized spacial score (nSPS) is 13.1. The van der Waals surface area contributed by atoms with E-state index in [1.165, 1.54) is 0 Å². The molecule has 0 aliphatic heterocycles. The van der Waals surface area contributed by atoms with Crippen molar-refractivity contribution in [2.24, 2.45) is 16.8 Å². The van der Waals surface area contributed by atoms with Crippen LogP contribution < -0.4 is 11.1 Å². The van der Waals surface area contributed by atoms with Gasteiger partial charge in [0.05, 0.1) is 6.04 Å². The highest BCUT2D eigenvalue weighted by atomic mass is 16.5. The van der Waals surface area contributed by atoms with Gasteiger partial charge in [0.25, 0.3) is 0 Å². The number of ether oxygens (including phenoxy) is 1. The molecule has 20 heavy (non-hydrogen) atoms. The molecule has 0 aliphatic carbocycles. The van der Waals surface area contributed by atoms with Crippen LogP contribution in [-0.4, -0.2) is 23.2 Å². The van der Waals surface area contributed by atoms with Crippen molar-refractivity contribution in [1.82, 2.24) is 5.32 Å². The minimum Gasteiger partial charge on any atom is -0.445 e. The van der Waals surface area contributed by atoms with Crippen molar-refractivity contribution in [2.45, 2.75) is 32.9 Å². The number of alkyl carbamates (subject to hydrolysis) is 1. The summed E-state index contributed by atoms with van der Waals surface area (Å²) in [5, 5.41) is 14.2. The Morgan fingerprint density at radius 1 is 1.40 bits per heavy atom. The van der Waals surface area contributed by atoms with Crippen LogP contribution in [0.4, 0.5) is 4.79 Å². The molecule has 6 heteroatoms. The van der Waals surface area contributed by atoms with E-state index in [0.29, 0.717) is 6.42 Å². The topological polar surface area (TPSA) is 96.9 Å². The number of hydrogen-bond acceptors (Lipinski definition) is 4. The number of benzene rings is 1. The molecule has 6 nitrogen and oxygen atoms in total. The molecule has 1 rings (SSSR count). The van der Waals surface area contributed by atoms with Crippen LogP contribution in [0, 0.1) is 5.92 Å². The minimum absolute atomic E-state index is 0.0321. The number of nitrogens with zero attached hydrogens (tertiary/aromatic N) is 1. The summed E-state index contributed by atoms with van der Waals surface area (Å²) in [4.78, 5) is 11.7. The number of rotatable bonds is 6. The zero-order chi connectivity index (χ0) is 15.0. The van der Waals surface area contributed by atoms with E-state index < -0.39 is 12.1 Å². The SMILES string of the molecule is CC(C)C[C@H](NC(=O)OCc1ccccc1)/C(N)=N/O. The van der Waals surface area contributed by atoms with Gasteiger partial charge in [0, 0.05) is 0 Å². The molecule has 0 saturated heterocycles. The molecule has 0 saturated carbocycles. The molecule has 1 aromatic carbocycles. The van der Waals surface area contributed by atoms with Crippen LogP contribution >= 0.6 is 0 Å². The van der Waals surface area contributed by atoms with Gasteiger partial charge in [-0.1, -0.05) is 49.3 Å². The van der Waals surface area contributed by atoms with Gasteiger partial charge >= 0.3 is 6.09 Å². The summed E-state index contributed by atoms with van der Waals surface area (Å²) in [6.45, 7) is 4.14. The van der Waals surface area contributed by atoms with Gasteiger partial charge in [0.15, 0.2) is 5.84 Å². The van der Waals surface area contributed by atoms with Crippen molar-refractivity contribution in [1.29, 1.82) is 0 Å². The predicted molar refractivity (Wildman–Crippen MR) is 76.4 cm³/mol. The summed E-state index contributed by atoms with van der Waals surface area (Å²) in [7, 11) is 0. The van der Waals surface area contributed by atoms with Crippen molar-refractivity contribution >= 4 is 11.9 Å². The molecule has 0 bridgehead atoms. The van der Waals surface area contributed by atoms with E-state index >= 15 is 0 Å². The number of hydrogen-bond donors (Lipinski definition) is 3. The number of carbonyl (C=O) groups is 1. The van der Waals surface area contributed by atoms with Crippen LogP contribution in [0.15, 0.2) is 35.5 Å². The lowest BCUT2D eigenvalue weighted by Gasteiger charge is -2.19. The number of nitrogens with one attached hydrogen (secondary N) is 1. The third-order valence-electron chi connectivity index (χ3n) is 2.68. The van der Waals surface area contributed by atoms with Crippen molar-refractivity contribution in [2.75, 3.05) is 0 Å². The molecule has 0 fully saturated rings. The second kappa shape index (κ2) is 8.04. The summed E-state index contributed by atoms with van der Waals surface area (Å²) in [5.41, 5.74) is 6.45. The van der Waals surface area contributed by atoms with E-state index in [1.54, 1.807) is 0 Å². The van der Waals surface area contributed by atoms with Crippen LogP contribution in [0.3, 0.4) is 0 Å². The monoisotopic (exact) mass is 279 g/mol. The first-order valence-corrected chi connectivity index (χ1v) is 6.47. The van der Waals surface area contributed by atoms with Gasteiger partial charge in [-0.15, -0.1) is 0 Å². The Bertz CT molecular complexity index is 446. The van der Waals surface area contributed by atoms with Gasteiger partial charge < -0.3 is 21.0 Å². The molecule has 0 radical (unpaired) electrons. The summed E-state index contributed by atoms with van der Waals surface area (Å²) in [6.07, 6.45) is -0.0258. The lowest BCUT2D eigenvalue weighted by atomic mass is 10.0. The van der Waals surface area contributed by atoms with Gasteiger partial charge in [-0.25, -0.2) is 4.79 Å². The molecule has 0 aromatic heterocycles. The van der Waals surface area contributed by atoms with Gasteiger partial charge in [-0.2, -0.15) is 0 Å². The predicted octanol–water partition coefficient (Wildman–Crippen LogP) is 2.07. The van der Waals surface area contributed by atoms with Crippen LogP contribution in [0.5, 0.6) is 0 Å². The highest BCUT2D eigenvalue weighted by Crippen LogP contribution is 2.06. The molecule has 1 atom stereocenters. The van der Waals surface area contributed by atoms with Crippen LogP contribution in [-0.2, 0) is 11.3 Å². The van der Waals surface area contributed by atoms with Crippen LogP contribution in [0.2, 0.25) is 0 Å². The molecule has 0 unspecified atom stereocenters. The first kappa shape index (κ1) is 15.8. The zero-order valence-electron chi connectivity index (χ0n) is 11.7. The molecule has 1 amide bonds. The quantitative estimate of drug-likeness (QED) is 0.321. The molecule has 0 heterocycles. The largest absolute Gasteiger partial charge is 0.445 e. The Kier molecular flexibility index (Phi) is 6.36. The van der Waals surface area contributed by atoms with Gasteiger partial charge in [-0.05, 0) is 17.9 Å². The van der Waals surface area contributed by atoms with Crippen molar-refractivity contribution in [3.63, 3.8) is 0 Å². The summed E-state index contributed by atoms with van der Waals surface area (Å²) in [5.74, 6) is 0.255. The maximum Gasteiger partial charge on any atom is 0.408 e. The molecule has 0 aliphatic rings. The summed E-state index contributed by atoms with van der Waals surface area (Å²) < 4.78 is 5.09. The molecular formula is C14H21N3O3. The zero-order valence-corrected chi connectivity index (χ0v) is 11.7. The Labute approximate surface area is 118 Å². The maximum atomic E-state index is 11.7. The number of amidine groups is 1. The summed E-state index contributed by atoms with van der Waals surface area (Å²) >= 11 is 0. The fourth-order valence-corrected chi connectivity index (χ4v) is 1.70. The van der Waals surface area contributed by atoms with Crippen LogP contribution in [0.25, 0.3) is 0 Å². The molecule has 110 valence electrons. The Morgan fingerprint density at radius 2 is 2.05 bits per heavy atom. The summed E-state index contributed by atoms with van der Waals surface area (Å²) in [6, 6.07) is 8.82. The van der Waals surface area contributed by atoms with E-state index in [4.69, 9.17) is 15.7 Å². The van der Waals surface area contributed by atoms with Crippen molar-refractivity contribution < 1.29 is 14.7 Å². The van der Waals surface area contributed by atoms with Crippen molar-refractivity contribution in [3.05, 3.63) is 35.9 Å². The molecule has 0 spiro atoms. The highest BCUT2D eigenvalue weighted by Gasteiger charge is 2.19. The van der Waals surface area contributed by atoms with Crippen molar-refractivity contribution in [3.8, 4) is 0 Å². The third-order valence-corrected chi connectivity index (χ3v) is 2.68. The van der Waals surface area contributed by atoms with Crippen LogP contribution in [0.1, 0.15) is 25.8 Å². The fourth-order valence-electron chi connectivity index (χ4n) is 1.70. The van der Waals surface area contributed by atoms with E-state index in [-0.39, 0.29) is 18.4 Å². The smallest absolute Gasteiger partial charge is 0.408 e. The second-order valence-electron chi connectivity index (χ2n) is 4.91. The first-order valence-electron chi connectivity index (χ1n) is 6.47. The second-order valence-corrected chi connectivity index (χ2v) is 4.91. The fraction of sp³-hybridized carbons (Fsp3) is 0.429. The van der Waals surface area contributed by atoms with Gasteiger partial charge in [0.1, 0.15) is 6.61 Å². The number of amides is 1. The average molecular weight is 279 g/mol. The number of oxime groups is 1. The first-order chi connectivity index (χ1) is 9.52. The molecular weight excluding hydrogens is 258 g/mol. The maximum absolute atomic E-state index is 11.7. The lowest BCUT2D eigenvalue weighted by molar-refractivity contribution is 0.137. The molecule has 4 N–H and O–H groups in total. The van der Waals surface area contributed by atoms with E-state index in [1.807, 2.05) is 44.2 Å².